The molecular weight excluding hydrogens is 1020 g/mol. The third-order valence-electron chi connectivity index (χ3n) is 16.4. The first-order valence-electron chi connectivity index (χ1n) is 28.2. The summed E-state index contributed by atoms with van der Waals surface area (Å²) in [5.74, 6) is 4.01. The smallest absolute Gasteiger partial charge is 0.319 e. The van der Waals surface area contributed by atoms with Gasteiger partial charge in [-0.3, -0.25) is 19.5 Å². The largest absolute Gasteiger partial charge is 0.462 e. The van der Waals surface area contributed by atoms with E-state index in [4.69, 9.17) is 20.7 Å². The van der Waals surface area contributed by atoms with E-state index in [1.165, 1.54) is 12.5 Å². The Balaban J connectivity index is 0.00000215. The number of piperidine rings is 1. The highest BCUT2D eigenvalue weighted by Gasteiger charge is 2.38. The molecule has 5 aliphatic rings. The number of carbonyl (C=O) groups excluding carboxylic acids is 2. The van der Waals surface area contributed by atoms with Gasteiger partial charge in [0.05, 0.1) is 39.5 Å². The third-order valence-corrected chi connectivity index (χ3v) is 17.4. The molecule has 4 aromatic heterocycles. The fourth-order valence-electron chi connectivity index (χ4n) is 12.3. The summed E-state index contributed by atoms with van der Waals surface area (Å²) in [6.07, 6.45) is 15.6. The minimum atomic E-state index is -0.639. The van der Waals surface area contributed by atoms with Crippen molar-refractivity contribution in [2.45, 2.75) is 110 Å². The van der Waals surface area contributed by atoms with Gasteiger partial charge in [-0.05, 0) is 106 Å². The van der Waals surface area contributed by atoms with Gasteiger partial charge in [-0.15, -0.1) is 17.8 Å². The van der Waals surface area contributed by atoms with E-state index in [9.17, 15) is 14.0 Å². The molecule has 0 radical (unpaired) electrons. The lowest BCUT2D eigenvalue weighted by Crippen LogP contribution is -2.51. The molecule has 79 heavy (non-hydrogen) atoms. The molecule has 0 saturated carbocycles. The van der Waals surface area contributed by atoms with E-state index in [1.807, 2.05) is 43.6 Å². The lowest BCUT2D eigenvalue weighted by Gasteiger charge is -2.42. The maximum atomic E-state index is 17.0. The second kappa shape index (κ2) is 23.7. The number of nitrogens with zero attached hydrogens (tertiary/aromatic N) is 9. The number of aryl methyl sites for hydroxylation is 1. The number of ether oxygens (including phenoxy) is 1. The first kappa shape index (κ1) is 53.9. The van der Waals surface area contributed by atoms with Crippen molar-refractivity contribution >= 4 is 56.5 Å². The number of hydrogen-bond donors (Lipinski definition) is 2. The van der Waals surface area contributed by atoms with Crippen molar-refractivity contribution < 1.29 is 27.6 Å². The van der Waals surface area contributed by atoms with E-state index in [1.54, 1.807) is 40.6 Å². The molecule has 2 bridgehead atoms. The average molecular weight is 1090 g/mol. The number of halogens is 2. The number of carbonyl (C=O) groups is 2. The highest BCUT2D eigenvalue weighted by Crippen LogP contribution is 2.39. The number of likely N-dealkylation sites (tertiary alicyclic amines) is 2. The van der Waals surface area contributed by atoms with Crippen molar-refractivity contribution in [1.82, 2.24) is 45.5 Å². The molecule has 4 atom stereocenters. The molecule has 4 unspecified atom stereocenters. The highest BCUT2D eigenvalue weighted by atomic mass is 32.1. The Labute approximate surface area is 464 Å². The molecule has 15 nitrogen and oxygen atoms in total. The van der Waals surface area contributed by atoms with Gasteiger partial charge in [0, 0.05) is 74.6 Å². The van der Waals surface area contributed by atoms with Crippen LogP contribution >= 0.6 is 11.3 Å². The molecule has 0 aliphatic carbocycles. The van der Waals surface area contributed by atoms with Gasteiger partial charge in [0.2, 0.25) is 11.8 Å². The Kier molecular flexibility index (Phi) is 16.2. The number of piperazine rings is 1. The van der Waals surface area contributed by atoms with Crippen LogP contribution in [0.15, 0.2) is 76.9 Å². The van der Waals surface area contributed by atoms with Crippen molar-refractivity contribution in [2.24, 2.45) is 11.8 Å². The van der Waals surface area contributed by atoms with E-state index in [0.717, 1.165) is 105 Å². The number of fused-ring (bicyclic) bond motifs is 4. The van der Waals surface area contributed by atoms with Crippen LogP contribution in [0.3, 0.4) is 0 Å². The van der Waals surface area contributed by atoms with Crippen LogP contribution < -0.4 is 25.2 Å². The Morgan fingerprint density at radius 3 is 2.44 bits per heavy atom. The average Bonchev–Trinajstić information content (AvgIpc) is 4.34. The van der Waals surface area contributed by atoms with E-state index in [-0.39, 0.29) is 47.1 Å². The minimum Gasteiger partial charge on any atom is -0.462 e. The quantitative estimate of drug-likeness (QED) is 0.0936. The molecule has 5 fully saturated rings. The van der Waals surface area contributed by atoms with Gasteiger partial charge in [0.1, 0.15) is 41.3 Å². The van der Waals surface area contributed by atoms with Gasteiger partial charge in [-0.2, -0.15) is 9.97 Å². The summed E-state index contributed by atoms with van der Waals surface area (Å²) in [6, 6.07) is 18.4. The van der Waals surface area contributed by atoms with Crippen LogP contribution in [0.4, 0.5) is 20.4 Å². The lowest BCUT2D eigenvalue weighted by molar-refractivity contribution is -0.138. The summed E-state index contributed by atoms with van der Waals surface area (Å²) in [6.45, 7) is 14.9. The fourth-order valence-corrected chi connectivity index (χ4v) is 13.1. The lowest BCUT2D eigenvalue weighted by atomic mass is 9.83. The van der Waals surface area contributed by atoms with E-state index in [2.05, 4.69) is 77.3 Å². The topological polar surface area (TPSA) is 158 Å². The minimum absolute atomic E-state index is 0.0349. The number of pyridine rings is 1. The van der Waals surface area contributed by atoms with Crippen LogP contribution in [0.2, 0.25) is 0 Å². The first-order chi connectivity index (χ1) is 38.4. The first-order valence-corrected chi connectivity index (χ1v) is 29.0. The van der Waals surface area contributed by atoms with Crippen molar-refractivity contribution in [1.29, 1.82) is 0 Å². The van der Waals surface area contributed by atoms with Gasteiger partial charge in [-0.1, -0.05) is 79.9 Å². The molecule has 9 heterocycles. The summed E-state index contributed by atoms with van der Waals surface area (Å²) >= 11 is 1.61. The van der Waals surface area contributed by atoms with Crippen molar-refractivity contribution in [3.63, 3.8) is 0 Å². The van der Waals surface area contributed by atoms with E-state index >= 15 is 4.39 Å². The maximum Gasteiger partial charge on any atom is 0.319 e. The molecule has 5 aliphatic heterocycles. The van der Waals surface area contributed by atoms with Crippen molar-refractivity contribution in [3.05, 3.63) is 107 Å². The second-order valence-electron chi connectivity index (χ2n) is 22.1. The summed E-state index contributed by atoms with van der Waals surface area (Å²) in [5, 5.41) is 12.7. The van der Waals surface area contributed by atoms with Gasteiger partial charge in [0.25, 0.3) is 0 Å². The molecule has 2 N–H and O–H groups in total. The van der Waals surface area contributed by atoms with Gasteiger partial charge < -0.3 is 34.6 Å². The Morgan fingerprint density at radius 2 is 1.71 bits per heavy atom. The molecular formula is C61H69F2N11O4S. The standard InChI is InChI=1S/C58H61F2N11O4S.C3H8/c1-4-44-47(59)17-14-39-7-5-8-45(51(39)44)53-52(60)54-46(28-61-53)56(70-31-41-15-16-42(32-70)64-41)66-58(65-54)74-24-23-68-21-18-36(19-22-68)25-37-29-69(30-37)49-26-43(75-67-49)27-50(72)71-20-6-9-48(71)57(73)63-34(2)38-10-12-40(13-11-38)55-35(3)62-33-76-55;1-3-2/h1,5,7-8,10-14,17,26,28,33-34,36-37,41-42,48,64H,6,9,15-16,18-25,27,29-32H2,2-3H3,(H,63,73);3H2,1-2H3. The number of rotatable bonds is 15. The molecule has 5 saturated heterocycles. The number of aromatic nitrogens is 5. The Bertz CT molecular complexity index is 3360. The van der Waals surface area contributed by atoms with Crippen LogP contribution in [0.5, 0.6) is 6.01 Å². The fraction of sp³-hybridized carbons (Fsp3) is 0.459. The molecule has 12 rings (SSSR count). The Hall–Kier alpha value is -7.07. The van der Waals surface area contributed by atoms with Gasteiger partial charge >= 0.3 is 6.01 Å². The highest BCUT2D eigenvalue weighted by molar-refractivity contribution is 7.13. The van der Waals surface area contributed by atoms with Crippen molar-refractivity contribution in [3.8, 4) is 40.1 Å². The van der Waals surface area contributed by atoms with Crippen LogP contribution in [0.1, 0.15) is 101 Å². The molecule has 18 heteroatoms. The predicted octanol–water partition coefficient (Wildman–Crippen LogP) is 9.91. The second-order valence-corrected chi connectivity index (χ2v) is 22.9. The zero-order valence-electron chi connectivity index (χ0n) is 45.5. The van der Waals surface area contributed by atoms with Gasteiger partial charge in [0.15, 0.2) is 11.6 Å². The number of terminal acetylenes is 1. The predicted molar refractivity (Wildman–Crippen MR) is 305 cm³/mol. The normalized spacial score (nSPS) is 20.0. The van der Waals surface area contributed by atoms with Crippen LogP contribution in [-0.2, 0) is 16.0 Å². The van der Waals surface area contributed by atoms with Gasteiger partial charge in [-0.25, -0.2) is 13.8 Å². The number of anilines is 2. The van der Waals surface area contributed by atoms with Crippen molar-refractivity contribution in [2.75, 3.05) is 68.8 Å². The third kappa shape index (κ3) is 11.5. The monoisotopic (exact) mass is 1090 g/mol. The van der Waals surface area contributed by atoms with Crippen LogP contribution in [0, 0.1) is 42.7 Å². The number of thiazole rings is 1. The number of hydrogen-bond acceptors (Lipinski definition) is 14. The molecule has 7 aromatic rings. The summed E-state index contributed by atoms with van der Waals surface area (Å²) in [7, 11) is 0. The van der Waals surface area contributed by atoms with Crippen LogP contribution in [-0.4, -0.2) is 124 Å². The number of nitrogens with one attached hydrogen (secondary N) is 2. The number of amides is 2. The molecule has 3 aromatic carbocycles. The molecule has 2 amide bonds. The maximum absolute atomic E-state index is 17.0. The molecule has 412 valence electrons. The Morgan fingerprint density at radius 1 is 0.937 bits per heavy atom. The summed E-state index contributed by atoms with van der Waals surface area (Å²) in [4.78, 5) is 55.3. The summed E-state index contributed by atoms with van der Waals surface area (Å²) < 4.78 is 43.9. The SMILES string of the molecule is C#Cc1c(F)ccc2cccc(-c3ncc4c(N5CC6CCC(C5)N6)nc(OCCN5CCC(CC6CN(c7cc(CC(=O)N8CCCC8C(=O)NC(C)c8ccc(-c9scnc9C)cc8)on7)C6)CC5)nc4c3F)c12.CCC. The molecule has 0 spiro atoms. The van der Waals surface area contributed by atoms with E-state index < -0.39 is 17.7 Å². The zero-order chi connectivity index (χ0) is 54.7. The number of benzene rings is 3. The van der Waals surface area contributed by atoms with Crippen LogP contribution in [0.25, 0.3) is 43.4 Å². The summed E-state index contributed by atoms with van der Waals surface area (Å²) in [5.41, 5.74) is 5.54. The van der Waals surface area contributed by atoms with E-state index in [0.29, 0.717) is 83.3 Å². The zero-order valence-corrected chi connectivity index (χ0v) is 46.3.